The van der Waals surface area contributed by atoms with Crippen LogP contribution in [0.15, 0.2) is 84.9 Å². The van der Waals surface area contributed by atoms with Crippen LogP contribution in [0.3, 0.4) is 0 Å². The maximum Gasteiger partial charge on any atom is 0.242 e. The van der Waals surface area contributed by atoms with Gasteiger partial charge >= 0.3 is 0 Å². The number of nitrogens with zero attached hydrogens (tertiary/aromatic N) is 1. The lowest BCUT2D eigenvalue weighted by molar-refractivity contribution is -0.131. The van der Waals surface area contributed by atoms with Crippen molar-refractivity contribution in [3.8, 4) is 11.5 Å². The predicted molar refractivity (Wildman–Crippen MR) is 114 cm³/mol. The van der Waals surface area contributed by atoms with Crippen molar-refractivity contribution in [1.82, 2.24) is 4.90 Å². The monoisotopic (exact) mass is 374 g/mol. The van der Waals surface area contributed by atoms with Gasteiger partial charge in [-0.25, -0.2) is 0 Å². The summed E-state index contributed by atoms with van der Waals surface area (Å²) >= 11 is 0. The average molecular weight is 374 g/mol. The molecule has 0 atom stereocenters. The summed E-state index contributed by atoms with van der Waals surface area (Å²) in [5.41, 5.74) is 1.92. The number of benzene rings is 3. The van der Waals surface area contributed by atoms with Crippen LogP contribution in [-0.2, 0) is 11.3 Å². The zero-order chi connectivity index (χ0) is 19.8. The summed E-state index contributed by atoms with van der Waals surface area (Å²) in [4.78, 5) is 14.7. The third-order valence-electron chi connectivity index (χ3n) is 4.43. The standard InChI is InChI=1S/C24H26N2O2/c1-19(2)26(18-20-11-5-3-6-12-20)24(27)17-25-22-15-9-10-16-23(22)28-21-13-7-4-8-14-21/h3-16,19,25H,17-18H2,1-2H3. The summed E-state index contributed by atoms with van der Waals surface area (Å²) in [5.74, 6) is 1.50. The van der Waals surface area contributed by atoms with E-state index >= 15 is 0 Å². The van der Waals surface area contributed by atoms with Crippen molar-refractivity contribution < 1.29 is 9.53 Å². The Labute approximate surface area is 166 Å². The van der Waals surface area contributed by atoms with Gasteiger partial charge in [0.25, 0.3) is 0 Å². The number of hydrogen-bond donors (Lipinski definition) is 1. The summed E-state index contributed by atoms with van der Waals surface area (Å²) < 4.78 is 5.96. The van der Waals surface area contributed by atoms with Gasteiger partial charge < -0.3 is 15.0 Å². The second-order valence-corrected chi connectivity index (χ2v) is 6.87. The van der Waals surface area contributed by atoms with Gasteiger partial charge in [0.15, 0.2) is 5.75 Å². The highest BCUT2D eigenvalue weighted by Gasteiger charge is 2.17. The van der Waals surface area contributed by atoms with E-state index in [-0.39, 0.29) is 18.5 Å². The highest BCUT2D eigenvalue weighted by molar-refractivity contribution is 5.81. The highest BCUT2D eigenvalue weighted by atomic mass is 16.5. The molecule has 0 heterocycles. The SMILES string of the molecule is CC(C)N(Cc1ccccc1)C(=O)CNc1ccccc1Oc1ccccc1. The minimum atomic E-state index is 0.0494. The summed E-state index contributed by atoms with van der Waals surface area (Å²) in [5, 5.41) is 3.24. The van der Waals surface area contributed by atoms with Crippen molar-refractivity contribution in [1.29, 1.82) is 0 Å². The fraction of sp³-hybridized carbons (Fsp3) is 0.208. The number of carbonyl (C=O) groups is 1. The van der Waals surface area contributed by atoms with Crippen molar-refractivity contribution in [2.75, 3.05) is 11.9 Å². The first kappa shape index (κ1) is 19.5. The molecule has 0 bridgehead atoms. The van der Waals surface area contributed by atoms with E-state index in [1.165, 1.54) is 0 Å². The highest BCUT2D eigenvalue weighted by Crippen LogP contribution is 2.29. The number of nitrogens with one attached hydrogen (secondary N) is 1. The van der Waals surface area contributed by atoms with Crippen molar-refractivity contribution in [2.45, 2.75) is 26.4 Å². The molecule has 1 N–H and O–H groups in total. The molecule has 3 aromatic rings. The number of para-hydroxylation sites is 3. The van der Waals surface area contributed by atoms with Crippen LogP contribution in [0.4, 0.5) is 5.69 Å². The molecule has 0 saturated heterocycles. The molecule has 0 aliphatic carbocycles. The van der Waals surface area contributed by atoms with Gasteiger partial charge in [0.1, 0.15) is 5.75 Å². The topological polar surface area (TPSA) is 41.6 Å². The Morgan fingerprint density at radius 1 is 0.893 bits per heavy atom. The van der Waals surface area contributed by atoms with Crippen LogP contribution in [0.5, 0.6) is 11.5 Å². The number of hydrogen-bond acceptors (Lipinski definition) is 3. The molecular weight excluding hydrogens is 348 g/mol. The second-order valence-electron chi connectivity index (χ2n) is 6.87. The van der Waals surface area contributed by atoms with E-state index < -0.39 is 0 Å². The maximum atomic E-state index is 12.9. The molecule has 3 aromatic carbocycles. The molecule has 0 unspecified atom stereocenters. The largest absolute Gasteiger partial charge is 0.455 e. The van der Waals surface area contributed by atoms with Crippen molar-refractivity contribution in [2.24, 2.45) is 0 Å². The van der Waals surface area contributed by atoms with Gasteiger partial charge in [-0.1, -0.05) is 60.7 Å². The Morgan fingerprint density at radius 2 is 1.50 bits per heavy atom. The Hall–Kier alpha value is -3.27. The van der Waals surface area contributed by atoms with Crippen LogP contribution in [0.25, 0.3) is 0 Å². The minimum absolute atomic E-state index is 0.0494. The van der Waals surface area contributed by atoms with Gasteiger partial charge in [-0.3, -0.25) is 4.79 Å². The third-order valence-corrected chi connectivity index (χ3v) is 4.43. The van der Waals surface area contributed by atoms with Gasteiger partial charge in [-0.05, 0) is 43.7 Å². The van der Waals surface area contributed by atoms with E-state index in [0.29, 0.717) is 12.3 Å². The smallest absolute Gasteiger partial charge is 0.242 e. The van der Waals surface area contributed by atoms with Crippen LogP contribution in [0, 0.1) is 0 Å². The molecule has 4 nitrogen and oxygen atoms in total. The van der Waals surface area contributed by atoms with Crippen LogP contribution in [0.2, 0.25) is 0 Å². The van der Waals surface area contributed by atoms with E-state index in [4.69, 9.17) is 4.74 Å². The Kier molecular flexibility index (Phi) is 6.68. The van der Waals surface area contributed by atoms with Crippen LogP contribution in [-0.4, -0.2) is 23.4 Å². The Morgan fingerprint density at radius 3 is 2.18 bits per heavy atom. The van der Waals surface area contributed by atoms with Crippen LogP contribution >= 0.6 is 0 Å². The molecule has 0 saturated carbocycles. The quantitative estimate of drug-likeness (QED) is 0.579. The second kappa shape index (κ2) is 9.60. The summed E-state index contributed by atoms with van der Waals surface area (Å²) in [6.45, 7) is 4.88. The molecule has 1 amide bonds. The Bertz CT molecular complexity index is 879. The van der Waals surface area contributed by atoms with Gasteiger partial charge in [-0.2, -0.15) is 0 Å². The lowest BCUT2D eigenvalue weighted by atomic mass is 10.2. The lowest BCUT2D eigenvalue weighted by Crippen LogP contribution is -2.39. The minimum Gasteiger partial charge on any atom is -0.455 e. The molecule has 0 radical (unpaired) electrons. The van der Waals surface area contributed by atoms with Gasteiger partial charge in [-0.15, -0.1) is 0 Å². The van der Waals surface area contributed by atoms with Crippen molar-refractivity contribution >= 4 is 11.6 Å². The molecular formula is C24H26N2O2. The fourth-order valence-electron chi connectivity index (χ4n) is 2.93. The molecule has 144 valence electrons. The maximum absolute atomic E-state index is 12.9. The fourth-order valence-corrected chi connectivity index (χ4v) is 2.93. The predicted octanol–water partition coefficient (Wildman–Crippen LogP) is 5.33. The van der Waals surface area contributed by atoms with Gasteiger partial charge in [0.05, 0.1) is 12.2 Å². The van der Waals surface area contributed by atoms with Gasteiger partial charge in [0.2, 0.25) is 5.91 Å². The van der Waals surface area contributed by atoms with Crippen molar-refractivity contribution in [3.05, 3.63) is 90.5 Å². The third kappa shape index (κ3) is 5.36. The molecule has 4 heteroatoms. The van der Waals surface area contributed by atoms with E-state index in [1.54, 1.807) is 0 Å². The lowest BCUT2D eigenvalue weighted by Gasteiger charge is -2.27. The van der Waals surface area contributed by atoms with E-state index in [9.17, 15) is 4.79 Å². The first-order valence-electron chi connectivity index (χ1n) is 9.52. The molecule has 0 aliphatic rings. The summed E-state index contributed by atoms with van der Waals surface area (Å²) in [7, 11) is 0. The molecule has 0 spiro atoms. The van der Waals surface area contributed by atoms with E-state index in [0.717, 1.165) is 17.0 Å². The molecule has 0 aromatic heterocycles. The van der Waals surface area contributed by atoms with Crippen LogP contribution in [0.1, 0.15) is 19.4 Å². The molecule has 0 fully saturated rings. The summed E-state index contributed by atoms with van der Waals surface area (Å²) in [6, 6.07) is 27.4. The van der Waals surface area contributed by atoms with Crippen molar-refractivity contribution in [3.63, 3.8) is 0 Å². The number of rotatable bonds is 8. The average Bonchev–Trinajstić information content (AvgIpc) is 2.72. The molecule has 28 heavy (non-hydrogen) atoms. The number of ether oxygens (including phenoxy) is 1. The Balaban J connectivity index is 1.66. The summed E-state index contributed by atoms with van der Waals surface area (Å²) in [6.07, 6.45) is 0. The molecule has 0 aliphatic heterocycles. The number of carbonyl (C=O) groups excluding carboxylic acids is 1. The van der Waals surface area contributed by atoms with E-state index in [1.807, 2.05) is 104 Å². The normalized spacial score (nSPS) is 10.5. The van der Waals surface area contributed by atoms with Gasteiger partial charge in [0, 0.05) is 12.6 Å². The zero-order valence-electron chi connectivity index (χ0n) is 16.3. The zero-order valence-corrected chi connectivity index (χ0v) is 16.3. The number of anilines is 1. The van der Waals surface area contributed by atoms with E-state index in [2.05, 4.69) is 5.32 Å². The van der Waals surface area contributed by atoms with Crippen LogP contribution < -0.4 is 10.1 Å². The number of amides is 1. The first-order chi connectivity index (χ1) is 13.6. The first-order valence-corrected chi connectivity index (χ1v) is 9.52. The molecule has 3 rings (SSSR count).